The highest BCUT2D eigenvalue weighted by atomic mass is 16.5. The topological polar surface area (TPSA) is 66.4 Å². The molecule has 0 spiro atoms. The van der Waals surface area contributed by atoms with Crippen molar-refractivity contribution in [3.05, 3.63) is 60.0 Å². The van der Waals surface area contributed by atoms with E-state index in [4.69, 9.17) is 4.74 Å². The molecule has 0 radical (unpaired) electrons. The summed E-state index contributed by atoms with van der Waals surface area (Å²) < 4.78 is 5.47. The Bertz CT molecular complexity index is 999. The van der Waals surface area contributed by atoms with Crippen molar-refractivity contribution in [3.63, 3.8) is 0 Å². The van der Waals surface area contributed by atoms with Gasteiger partial charge in [-0.25, -0.2) is 15.0 Å². The first kappa shape index (κ1) is 21.1. The van der Waals surface area contributed by atoms with Gasteiger partial charge >= 0.3 is 0 Å². The second kappa shape index (κ2) is 9.75. The third kappa shape index (κ3) is 5.30. The Morgan fingerprint density at radius 1 is 1.00 bits per heavy atom. The molecule has 0 unspecified atom stereocenters. The van der Waals surface area contributed by atoms with Crippen LogP contribution in [0.5, 0.6) is 5.75 Å². The molecule has 3 heterocycles. The third-order valence-corrected chi connectivity index (χ3v) is 5.67. The van der Waals surface area contributed by atoms with E-state index >= 15 is 0 Å². The molecule has 1 fully saturated rings. The van der Waals surface area contributed by atoms with E-state index in [-0.39, 0.29) is 0 Å². The minimum absolute atomic E-state index is 0.761. The van der Waals surface area contributed by atoms with E-state index in [1.165, 1.54) is 11.1 Å². The van der Waals surface area contributed by atoms with Crippen LogP contribution in [0, 0.1) is 6.92 Å². The summed E-state index contributed by atoms with van der Waals surface area (Å²) in [4.78, 5) is 18.2. The van der Waals surface area contributed by atoms with Crippen molar-refractivity contribution in [1.82, 2.24) is 19.9 Å². The summed E-state index contributed by atoms with van der Waals surface area (Å²) in [6.45, 7) is 7.01. The Labute approximate surface area is 184 Å². The maximum atomic E-state index is 5.47. The molecule has 1 aliphatic rings. The highest BCUT2D eigenvalue weighted by Crippen LogP contribution is 2.22. The van der Waals surface area contributed by atoms with Crippen LogP contribution in [-0.4, -0.2) is 66.7 Å². The first-order chi connectivity index (χ1) is 15.1. The van der Waals surface area contributed by atoms with Crippen molar-refractivity contribution in [1.29, 1.82) is 0 Å². The van der Waals surface area contributed by atoms with Crippen LogP contribution >= 0.6 is 0 Å². The largest absolute Gasteiger partial charge is 0.496 e. The summed E-state index contributed by atoms with van der Waals surface area (Å²) in [7, 11) is 3.87. The average molecular weight is 419 g/mol. The monoisotopic (exact) mass is 418 g/mol. The lowest BCUT2D eigenvalue weighted by Crippen LogP contribution is -2.44. The molecule has 4 rings (SSSR count). The van der Waals surface area contributed by atoms with Gasteiger partial charge in [0.05, 0.1) is 12.8 Å². The van der Waals surface area contributed by atoms with Gasteiger partial charge in [-0.05, 0) is 44.2 Å². The molecule has 0 atom stereocenters. The summed E-state index contributed by atoms with van der Waals surface area (Å²) in [6.07, 6.45) is 4.35. The molecule has 1 aromatic carbocycles. The van der Waals surface area contributed by atoms with E-state index in [1.54, 1.807) is 13.4 Å². The Morgan fingerprint density at radius 3 is 2.58 bits per heavy atom. The molecule has 162 valence electrons. The highest BCUT2D eigenvalue weighted by Gasteiger charge is 2.15. The number of likely N-dealkylation sites (N-methyl/N-ethyl adjacent to an activating group) is 1. The molecule has 1 saturated heterocycles. The Morgan fingerprint density at radius 2 is 1.84 bits per heavy atom. The SMILES string of the molecule is COc1ccc(C)cc1CCNc1cc(-c2ccc(N3CCN(C)CC3)nc2)ncn1. The van der Waals surface area contributed by atoms with Crippen LogP contribution in [0.15, 0.2) is 48.9 Å². The van der Waals surface area contributed by atoms with Crippen LogP contribution in [0.1, 0.15) is 11.1 Å². The Hall–Kier alpha value is -3.19. The summed E-state index contributed by atoms with van der Waals surface area (Å²) in [5, 5.41) is 3.40. The average Bonchev–Trinajstić information content (AvgIpc) is 2.80. The minimum Gasteiger partial charge on any atom is -0.496 e. The third-order valence-electron chi connectivity index (χ3n) is 5.67. The second-order valence-electron chi connectivity index (χ2n) is 7.98. The first-order valence-electron chi connectivity index (χ1n) is 10.7. The van der Waals surface area contributed by atoms with Gasteiger partial charge in [0.1, 0.15) is 23.7 Å². The molecular formula is C24H30N6O. The molecule has 0 aliphatic carbocycles. The predicted molar refractivity (Wildman–Crippen MR) is 125 cm³/mol. The number of nitrogens with zero attached hydrogens (tertiary/aromatic N) is 5. The van der Waals surface area contributed by atoms with Crippen LogP contribution in [0.2, 0.25) is 0 Å². The van der Waals surface area contributed by atoms with Crippen molar-refractivity contribution in [3.8, 4) is 17.0 Å². The number of piperazine rings is 1. The van der Waals surface area contributed by atoms with E-state index in [0.29, 0.717) is 0 Å². The number of methoxy groups -OCH3 is 1. The van der Waals surface area contributed by atoms with E-state index < -0.39 is 0 Å². The van der Waals surface area contributed by atoms with Gasteiger partial charge in [0.25, 0.3) is 0 Å². The van der Waals surface area contributed by atoms with Crippen molar-refractivity contribution < 1.29 is 4.74 Å². The molecule has 0 bridgehead atoms. The predicted octanol–water partition coefficient (Wildman–Crippen LogP) is 3.26. The fourth-order valence-corrected chi connectivity index (χ4v) is 3.80. The van der Waals surface area contributed by atoms with Crippen molar-refractivity contribution in [2.24, 2.45) is 0 Å². The van der Waals surface area contributed by atoms with Gasteiger partial charge in [0.15, 0.2) is 0 Å². The number of hydrogen-bond acceptors (Lipinski definition) is 7. The maximum absolute atomic E-state index is 5.47. The molecule has 7 nitrogen and oxygen atoms in total. The molecule has 1 aliphatic heterocycles. The number of aromatic nitrogens is 3. The molecule has 2 aromatic heterocycles. The molecule has 31 heavy (non-hydrogen) atoms. The maximum Gasteiger partial charge on any atom is 0.129 e. The van der Waals surface area contributed by atoms with Gasteiger partial charge in [-0.15, -0.1) is 0 Å². The van der Waals surface area contributed by atoms with Crippen LogP contribution in [0.4, 0.5) is 11.6 Å². The Kier molecular flexibility index (Phi) is 6.62. The minimum atomic E-state index is 0.761. The zero-order chi connectivity index (χ0) is 21.6. The fourth-order valence-electron chi connectivity index (χ4n) is 3.80. The number of hydrogen-bond donors (Lipinski definition) is 1. The molecular weight excluding hydrogens is 388 g/mol. The van der Waals surface area contributed by atoms with Crippen molar-refractivity contribution in [2.75, 3.05) is 57.1 Å². The van der Waals surface area contributed by atoms with Crippen LogP contribution in [-0.2, 0) is 6.42 Å². The summed E-state index contributed by atoms with van der Waals surface area (Å²) >= 11 is 0. The van der Waals surface area contributed by atoms with Gasteiger partial charge in [0.2, 0.25) is 0 Å². The lowest BCUT2D eigenvalue weighted by molar-refractivity contribution is 0.312. The molecule has 7 heteroatoms. The lowest BCUT2D eigenvalue weighted by atomic mass is 10.1. The van der Waals surface area contributed by atoms with Gasteiger partial charge < -0.3 is 19.9 Å². The normalized spacial score (nSPS) is 14.5. The number of ether oxygens (including phenoxy) is 1. The number of rotatable bonds is 7. The smallest absolute Gasteiger partial charge is 0.129 e. The number of aryl methyl sites for hydroxylation is 1. The van der Waals surface area contributed by atoms with Gasteiger partial charge in [0, 0.05) is 50.6 Å². The highest BCUT2D eigenvalue weighted by molar-refractivity contribution is 5.62. The van der Waals surface area contributed by atoms with E-state index in [0.717, 1.165) is 67.8 Å². The quantitative estimate of drug-likeness (QED) is 0.632. The first-order valence-corrected chi connectivity index (χ1v) is 10.7. The Balaban J connectivity index is 1.39. The number of anilines is 2. The van der Waals surface area contributed by atoms with Gasteiger partial charge in [-0.3, -0.25) is 0 Å². The molecule has 0 saturated carbocycles. The number of nitrogens with one attached hydrogen (secondary N) is 1. The number of pyridine rings is 1. The number of benzene rings is 1. The van der Waals surface area contributed by atoms with E-state index in [1.807, 2.05) is 18.3 Å². The van der Waals surface area contributed by atoms with Crippen molar-refractivity contribution in [2.45, 2.75) is 13.3 Å². The zero-order valence-corrected chi connectivity index (χ0v) is 18.5. The second-order valence-corrected chi connectivity index (χ2v) is 7.98. The standard InChI is InChI=1S/C24H30N6O/c1-18-4-6-22(31-3)19(14-18)8-9-25-23-15-21(27-17-28-23)20-5-7-24(26-16-20)30-12-10-29(2)11-13-30/h4-7,14-17H,8-13H2,1-3H3,(H,25,27,28). The van der Waals surface area contributed by atoms with Crippen molar-refractivity contribution >= 4 is 11.6 Å². The summed E-state index contributed by atoms with van der Waals surface area (Å²) in [5.41, 5.74) is 4.27. The lowest BCUT2D eigenvalue weighted by Gasteiger charge is -2.33. The van der Waals surface area contributed by atoms with Crippen LogP contribution in [0.25, 0.3) is 11.3 Å². The van der Waals surface area contributed by atoms with Gasteiger partial charge in [-0.1, -0.05) is 17.7 Å². The summed E-state index contributed by atoms with van der Waals surface area (Å²) in [6, 6.07) is 12.4. The van der Waals surface area contributed by atoms with Gasteiger partial charge in [-0.2, -0.15) is 0 Å². The molecule has 1 N–H and O–H groups in total. The molecule has 3 aromatic rings. The zero-order valence-electron chi connectivity index (χ0n) is 18.5. The molecule has 0 amide bonds. The van der Waals surface area contributed by atoms with Crippen LogP contribution < -0.4 is 15.0 Å². The fraction of sp³-hybridized carbons (Fsp3) is 0.375. The van der Waals surface area contributed by atoms with Crippen LogP contribution in [0.3, 0.4) is 0 Å². The van der Waals surface area contributed by atoms with E-state index in [2.05, 4.69) is 68.3 Å². The van der Waals surface area contributed by atoms with E-state index in [9.17, 15) is 0 Å². The summed E-state index contributed by atoms with van der Waals surface area (Å²) in [5.74, 6) is 2.75.